The van der Waals surface area contributed by atoms with E-state index in [1.165, 1.54) is 32.1 Å². The summed E-state index contributed by atoms with van der Waals surface area (Å²) in [5.41, 5.74) is 0. The molecule has 2 aliphatic rings. The van der Waals surface area contributed by atoms with Gasteiger partial charge < -0.3 is 9.64 Å². The van der Waals surface area contributed by atoms with E-state index in [4.69, 9.17) is 4.74 Å². The zero-order valence-electron chi connectivity index (χ0n) is 12.6. The second-order valence-corrected chi connectivity index (χ2v) is 6.54. The molecule has 1 saturated heterocycles. The van der Waals surface area contributed by atoms with Gasteiger partial charge in [0.15, 0.2) is 0 Å². The van der Waals surface area contributed by atoms with Gasteiger partial charge in [-0.05, 0) is 31.6 Å². The van der Waals surface area contributed by atoms with Crippen molar-refractivity contribution in [3.8, 4) is 0 Å². The minimum atomic E-state index is 0.108. The molecule has 1 aliphatic carbocycles. The average Bonchev–Trinajstić information content (AvgIpc) is 2.45. The summed E-state index contributed by atoms with van der Waals surface area (Å²) in [6.45, 7) is 6.60. The number of hydrogen-bond acceptors (Lipinski definition) is 2. The second-order valence-electron chi connectivity index (χ2n) is 6.54. The number of carbonyl (C=O) groups is 1. The van der Waals surface area contributed by atoms with Crippen LogP contribution in [0.1, 0.15) is 58.8 Å². The summed E-state index contributed by atoms with van der Waals surface area (Å²) >= 11 is 0. The predicted molar refractivity (Wildman–Crippen MR) is 77.0 cm³/mol. The Balaban J connectivity index is 1.73. The normalized spacial score (nSPS) is 25.8. The molecule has 0 bridgehead atoms. The van der Waals surface area contributed by atoms with Crippen molar-refractivity contribution in [2.24, 2.45) is 11.8 Å². The number of amides is 1. The Hall–Kier alpha value is -0.570. The van der Waals surface area contributed by atoms with Gasteiger partial charge in [-0.1, -0.05) is 33.1 Å². The summed E-state index contributed by atoms with van der Waals surface area (Å²) in [4.78, 5) is 14.0. The van der Waals surface area contributed by atoms with Crippen molar-refractivity contribution in [3.05, 3.63) is 0 Å². The van der Waals surface area contributed by atoms with Gasteiger partial charge in [-0.3, -0.25) is 4.79 Å². The molecule has 1 saturated carbocycles. The van der Waals surface area contributed by atoms with Crippen LogP contribution in [0.4, 0.5) is 0 Å². The van der Waals surface area contributed by atoms with Crippen LogP contribution in [0, 0.1) is 11.8 Å². The van der Waals surface area contributed by atoms with Gasteiger partial charge in [0.05, 0.1) is 6.10 Å². The molecule has 0 aromatic carbocycles. The fourth-order valence-corrected chi connectivity index (χ4v) is 3.27. The summed E-state index contributed by atoms with van der Waals surface area (Å²) in [7, 11) is 0. The van der Waals surface area contributed by atoms with Crippen molar-refractivity contribution < 1.29 is 9.53 Å². The molecule has 19 heavy (non-hydrogen) atoms. The van der Waals surface area contributed by atoms with E-state index in [0.29, 0.717) is 0 Å². The van der Waals surface area contributed by atoms with E-state index in [-0.39, 0.29) is 17.9 Å². The van der Waals surface area contributed by atoms with Crippen molar-refractivity contribution in [3.63, 3.8) is 0 Å². The highest BCUT2D eigenvalue weighted by molar-refractivity contribution is 5.78. The van der Waals surface area contributed by atoms with Crippen LogP contribution in [-0.2, 0) is 9.53 Å². The molecule has 3 heteroatoms. The Bertz CT molecular complexity index is 284. The molecule has 1 aliphatic heterocycles. The van der Waals surface area contributed by atoms with Gasteiger partial charge in [-0.25, -0.2) is 0 Å². The number of nitrogens with zero attached hydrogens (tertiary/aromatic N) is 1. The molecule has 1 unspecified atom stereocenters. The van der Waals surface area contributed by atoms with Gasteiger partial charge in [-0.2, -0.15) is 0 Å². The van der Waals surface area contributed by atoms with Gasteiger partial charge in [-0.15, -0.1) is 0 Å². The van der Waals surface area contributed by atoms with Crippen LogP contribution in [-0.4, -0.2) is 36.6 Å². The van der Waals surface area contributed by atoms with Crippen LogP contribution in [0.15, 0.2) is 0 Å². The molecule has 0 radical (unpaired) electrons. The molecule has 0 aromatic rings. The summed E-state index contributed by atoms with van der Waals surface area (Å²) in [5, 5.41) is 0. The van der Waals surface area contributed by atoms with Crippen LogP contribution in [0.5, 0.6) is 0 Å². The molecule has 1 heterocycles. The monoisotopic (exact) mass is 267 g/mol. The molecule has 1 atom stereocenters. The average molecular weight is 267 g/mol. The molecule has 1 amide bonds. The summed E-state index contributed by atoms with van der Waals surface area (Å²) < 4.78 is 6.09. The van der Waals surface area contributed by atoms with E-state index in [1.807, 2.05) is 18.7 Å². The number of carbonyl (C=O) groups excluding carboxylic acids is 1. The lowest BCUT2D eigenvalue weighted by Gasteiger charge is -2.34. The maximum Gasteiger partial charge on any atom is 0.225 e. The van der Waals surface area contributed by atoms with Crippen LogP contribution in [0.25, 0.3) is 0 Å². The number of ether oxygens (including phenoxy) is 1. The predicted octanol–water partition coefficient (Wildman–Crippen LogP) is 3.23. The van der Waals surface area contributed by atoms with E-state index >= 15 is 0 Å². The van der Waals surface area contributed by atoms with Gasteiger partial charge >= 0.3 is 0 Å². The smallest absolute Gasteiger partial charge is 0.225 e. The van der Waals surface area contributed by atoms with E-state index in [1.54, 1.807) is 0 Å². The van der Waals surface area contributed by atoms with Crippen molar-refractivity contribution in [1.82, 2.24) is 4.90 Å². The molecule has 0 N–H and O–H groups in total. The standard InChI is InChI=1S/C16H29NO2/c1-13(2)16(18)17-10-6-9-15(11-17)19-12-14-7-4-3-5-8-14/h13-15H,3-12H2,1-2H3. The molecule has 2 rings (SSSR count). The molecule has 0 aromatic heterocycles. The molecular weight excluding hydrogens is 238 g/mol. The van der Waals surface area contributed by atoms with E-state index in [9.17, 15) is 4.79 Å². The van der Waals surface area contributed by atoms with Gasteiger partial charge in [0.2, 0.25) is 5.91 Å². The quantitative estimate of drug-likeness (QED) is 0.782. The highest BCUT2D eigenvalue weighted by Gasteiger charge is 2.26. The molecule has 110 valence electrons. The topological polar surface area (TPSA) is 29.5 Å². The van der Waals surface area contributed by atoms with Crippen molar-refractivity contribution in [2.75, 3.05) is 19.7 Å². The fourth-order valence-electron chi connectivity index (χ4n) is 3.27. The SMILES string of the molecule is CC(C)C(=O)N1CCCC(OCC2CCCCC2)C1. The lowest BCUT2D eigenvalue weighted by molar-refractivity contribution is -0.139. The lowest BCUT2D eigenvalue weighted by Crippen LogP contribution is -2.45. The third kappa shape index (κ3) is 4.48. The maximum absolute atomic E-state index is 12.0. The maximum atomic E-state index is 12.0. The molecule has 2 fully saturated rings. The zero-order valence-corrected chi connectivity index (χ0v) is 12.6. The van der Waals surface area contributed by atoms with E-state index in [2.05, 4.69) is 0 Å². The largest absolute Gasteiger partial charge is 0.376 e. The summed E-state index contributed by atoms with van der Waals surface area (Å²) in [6.07, 6.45) is 9.30. The molecular formula is C16H29NO2. The number of hydrogen-bond donors (Lipinski definition) is 0. The Kier molecular flexibility index (Phi) is 5.68. The second kappa shape index (κ2) is 7.28. The van der Waals surface area contributed by atoms with Gasteiger partial charge in [0, 0.05) is 25.6 Å². The first-order valence-corrected chi connectivity index (χ1v) is 8.07. The van der Waals surface area contributed by atoms with Gasteiger partial charge in [0.1, 0.15) is 0 Å². The van der Waals surface area contributed by atoms with Crippen molar-refractivity contribution in [1.29, 1.82) is 0 Å². The Labute approximate surface area is 117 Å². The first kappa shape index (κ1) is 14.8. The lowest BCUT2D eigenvalue weighted by atomic mass is 9.90. The Morgan fingerprint density at radius 1 is 1.16 bits per heavy atom. The number of rotatable bonds is 4. The van der Waals surface area contributed by atoms with Crippen LogP contribution >= 0.6 is 0 Å². The van der Waals surface area contributed by atoms with E-state index < -0.39 is 0 Å². The zero-order chi connectivity index (χ0) is 13.7. The third-order valence-electron chi connectivity index (χ3n) is 4.48. The Morgan fingerprint density at radius 2 is 1.89 bits per heavy atom. The highest BCUT2D eigenvalue weighted by Crippen LogP contribution is 2.25. The van der Waals surface area contributed by atoms with Crippen molar-refractivity contribution >= 4 is 5.91 Å². The summed E-state index contributed by atoms with van der Waals surface area (Å²) in [5.74, 6) is 1.16. The molecule has 0 spiro atoms. The highest BCUT2D eigenvalue weighted by atomic mass is 16.5. The number of piperidine rings is 1. The third-order valence-corrected chi connectivity index (χ3v) is 4.48. The number of likely N-dealkylation sites (tertiary alicyclic amines) is 1. The van der Waals surface area contributed by atoms with Crippen LogP contribution < -0.4 is 0 Å². The first-order chi connectivity index (χ1) is 9.16. The molecule has 3 nitrogen and oxygen atoms in total. The van der Waals surface area contributed by atoms with Crippen LogP contribution in [0.3, 0.4) is 0 Å². The minimum Gasteiger partial charge on any atom is -0.376 e. The summed E-state index contributed by atoms with van der Waals surface area (Å²) in [6, 6.07) is 0. The van der Waals surface area contributed by atoms with Gasteiger partial charge in [0.25, 0.3) is 0 Å². The minimum absolute atomic E-state index is 0.108. The fraction of sp³-hybridized carbons (Fsp3) is 0.938. The van der Waals surface area contributed by atoms with Crippen molar-refractivity contribution in [2.45, 2.75) is 64.9 Å². The first-order valence-electron chi connectivity index (χ1n) is 8.07. The van der Waals surface area contributed by atoms with Crippen LogP contribution in [0.2, 0.25) is 0 Å². The van der Waals surface area contributed by atoms with E-state index in [0.717, 1.165) is 38.5 Å². The Morgan fingerprint density at radius 3 is 2.58 bits per heavy atom.